The standard InChI is InChI=1S/C16H13F3O7S2/c17-16(18,19)14(10-27(21,22)23)26-15(20)11-6-8-13(9-7-11)28(24,25)12-4-2-1-3-5-12/h1-9,14H,10H2,(H,21,22,23). The van der Waals surface area contributed by atoms with E-state index >= 15 is 0 Å². The van der Waals surface area contributed by atoms with Gasteiger partial charge >= 0.3 is 12.1 Å². The number of hydrogen-bond acceptors (Lipinski definition) is 6. The quantitative estimate of drug-likeness (QED) is 0.544. The average Bonchev–Trinajstić information content (AvgIpc) is 2.60. The van der Waals surface area contributed by atoms with Gasteiger partial charge in [-0.2, -0.15) is 21.6 Å². The van der Waals surface area contributed by atoms with Gasteiger partial charge in [0.05, 0.1) is 15.4 Å². The number of rotatable bonds is 6. The van der Waals surface area contributed by atoms with Crippen LogP contribution in [-0.4, -0.2) is 45.4 Å². The van der Waals surface area contributed by atoms with Gasteiger partial charge in [-0.25, -0.2) is 13.2 Å². The lowest BCUT2D eigenvalue weighted by Gasteiger charge is -2.19. The molecule has 0 heterocycles. The molecule has 0 bridgehead atoms. The van der Waals surface area contributed by atoms with Gasteiger partial charge in [0.2, 0.25) is 15.9 Å². The Kier molecular flexibility index (Phi) is 6.16. The van der Waals surface area contributed by atoms with Crippen LogP contribution < -0.4 is 0 Å². The second kappa shape index (κ2) is 7.89. The van der Waals surface area contributed by atoms with Gasteiger partial charge < -0.3 is 4.74 Å². The third-order valence-electron chi connectivity index (χ3n) is 3.43. The number of benzene rings is 2. The number of carbonyl (C=O) groups is 1. The summed E-state index contributed by atoms with van der Waals surface area (Å²) in [5.74, 6) is -3.39. The van der Waals surface area contributed by atoms with Gasteiger partial charge in [-0.15, -0.1) is 0 Å². The van der Waals surface area contributed by atoms with E-state index in [9.17, 15) is 34.8 Å². The van der Waals surface area contributed by atoms with Gasteiger partial charge in [-0.1, -0.05) is 18.2 Å². The minimum atomic E-state index is -5.23. The summed E-state index contributed by atoms with van der Waals surface area (Å²) < 4.78 is 97.4. The number of ether oxygens (including phenoxy) is 1. The Morgan fingerprint density at radius 2 is 1.43 bits per heavy atom. The fourth-order valence-electron chi connectivity index (χ4n) is 2.09. The molecule has 0 fully saturated rings. The molecule has 1 unspecified atom stereocenters. The molecule has 1 N–H and O–H groups in total. The third-order valence-corrected chi connectivity index (χ3v) is 5.94. The van der Waals surface area contributed by atoms with Crippen LogP contribution >= 0.6 is 0 Å². The van der Waals surface area contributed by atoms with E-state index in [4.69, 9.17) is 4.55 Å². The zero-order chi connectivity index (χ0) is 21.2. The highest BCUT2D eigenvalue weighted by molar-refractivity contribution is 7.91. The average molecular weight is 438 g/mol. The van der Waals surface area contributed by atoms with Crippen LogP contribution in [0.1, 0.15) is 10.4 Å². The van der Waals surface area contributed by atoms with Crippen LogP contribution in [0.5, 0.6) is 0 Å². The Bertz CT molecular complexity index is 1050. The molecule has 1 atom stereocenters. The Morgan fingerprint density at radius 3 is 1.89 bits per heavy atom. The maximum atomic E-state index is 12.8. The highest BCUT2D eigenvalue weighted by atomic mass is 32.2. The van der Waals surface area contributed by atoms with Crippen LogP contribution in [0.2, 0.25) is 0 Å². The fraction of sp³-hybridized carbons (Fsp3) is 0.188. The molecule has 2 aromatic carbocycles. The first-order valence-corrected chi connectivity index (χ1v) is 10.5. The monoisotopic (exact) mass is 438 g/mol. The first-order valence-electron chi connectivity index (χ1n) is 7.44. The lowest BCUT2D eigenvalue weighted by molar-refractivity contribution is -0.197. The minimum absolute atomic E-state index is 0.0179. The Balaban J connectivity index is 2.24. The van der Waals surface area contributed by atoms with E-state index in [0.717, 1.165) is 24.3 Å². The van der Waals surface area contributed by atoms with Gasteiger partial charge in [-0.3, -0.25) is 4.55 Å². The van der Waals surface area contributed by atoms with Crippen LogP contribution in [0.4, 0.5) is 13.2 Å². The molecule has 0 aromatic heterocycles. The van der Waals surface area contributed by atoms with E-state index in [1.54, 1.807) is 6.07 Å². The summed E-state index contributed by atoms with van der Waals surface area (Å²) in [6, 6.07) is 11.2. The number of carbonyl (C=O) groups excluding carboxylic acids is 1. The van der Waals surface area contributed by atoms with E-state index in [2.05, 4.69) is 4.74 Å². The second-order valence-electron chi connectivity index (χ2n) is 5.53. The molecule has 0 aliphatic heterocycles. The summed E-state index contributed by atoms with van der Waals surface area (Å²) in [5, 5.41) is 0. The van der Waals surface area contributed by atoms with Crippen LogP contribution in [0.25, 0.3) is 0 Å². The first kappa shape index (κ1) is 21.9. The summed E-state index contributed by atoms with van der Waals surface area (Å²) in [5.41, 5.74) is -0.434. The van der Waals surface area contributed by atoms with Crippen molar-refractivity contribution in [3.63, 3.8) is 0 Å². The maximum absolute atomic E-state index is 12.8. The van der Waals surface area contributed by atoms with Crippen molar-refractivity contribution in [2.24, 2.45) is 0 Å². The van der Waals surface area contributed by atoms with Crippen molar-refractivity contribution >= 4 is 25.9 Å². The summed E-state index contributed by atoms with van der Waals surface area (Å²) in [7, 11) is -8.96. The molecular weight excluding hydrogens is 425 g/mol. The van der Waals surface area contributed by atoms with Crippen molar-refractivity contribution < 1.29 is 44.1 Å². The Morgan fingerprint density at radius 1 is 0.929 bits per heavy atom. The molecule has 2 rings (SSSR count). The number of halogens is 3. The van der Waals surface area contributed by atoms with Gasteiger partial charge in [0, 0.05) is 0 Å². The topological polar surface area (TPSA) is 115 Å². The van der Waals surface area contributed by atoms with E-state index in [1.165, 1.54) is 24.3 Å². The van der Waals surface area contributed by atoms with E-state index in [-0.39, 0.29) is 9.79 Å². The minimum Gasteiger partial charge on any atom is -0.448 e. The molecule has 0 aliphatic carbocycles. The zero-order valence-corrected chi connectivity index (χ0v) is 15.5. The lowest BCUT2D eigenvalue weighted by atomic mass is 10.2. The van der Waals surface area contributed by atoms with Crippen molar-refractivity contribution in [2.75, 3.05) is 5.75 Å². The van der Waals surface area contributed by atoms with Gasteiger partial charge in [0.1, 0.15) is 5.75 Å². The molecule has 152 valence electrons. The van der Waals surface area contributed by atoms with Crippen molar-refractivity contribution in [3.8, 4) is 0 Å². The smallest absolute Gasteiger partial charge is 0.426 e. The molecule has 0 saturated heterocycles. The summed E-state index contributed by atoms with van der Waals surface area (Å²) in [6.07, 6.45) is -8.31. The van der Waals surface area contributed by atoms with Gasteiger partial charge in [-0.05, 0) is 36.4 Å². The highest BCUT2D eigenvalue weighted by Crippen LogP contribution is 2.26. The molecule has 0 saturated carbocycles. The molecule has 0 radical (unpaired) electrons. The predicted molar refractivity (Wildman–Crippen MR) is 90.0 cm³/mol. The second-order valence-corrected chi connectivity index (χ2v) is 8.97. The number of alkyl halides is 3. The molecule has 2 aromatic rings. The van der Waals surface area contributed by atoms with Crippen LogP contribution in [0, 0.1) is 0 Å². The molecule has 7 nitrogen and oxygen atoms in total. The summed E-state index contributed by atoms with van der Waals surface area (Å²) in [4.78, 5) is 11.6. The fourth-order valence-corrected chi connectivity index (χ4v) is 4.01. The van der Waals surface area contributed by atoms with Crippen molar-refractivity contribution in [3.05, 3.63) is 60.2 Å². The SMILES string of the molecule is O=C(OC(CS(=O)(=O)O)C(F)(F)F)c1ccc(S(=O)(=O)c2ccccc2)cc1. The largest absolute Gasteiger partial charge is 0.448 e. The van der Waals surface area contributed by atoms with E-state index in [1.807, 2.05) is 0 Å². The zero-order valence-electron chi connectivity index (χ0n) is 13.8. The summed E-state index contributed by atoms with van der Waals surface area (Å²) in [6.45, 7) is 0. The van der Waals surface area contributed by atoms with E-state index in [0.29, 0.717) is 0 Å². The first-order chi connectivity index (χ1) is 12.8. The number of esters is 1. The van der Waals surface area contributed by atoms with E-state index < -0.39 is 49.5 Å². The third kappa shape index (κ3) is 5.53. The van der Waals surface area contributed by atoms with Crippen molar-refractivity contribution in [1.29, 1.82) is 0 Å². The van der Waals surface area contributed by atoms with Crippen LogP contribution in [0.15, 0.2) is 64.4 Å². The normalized spacial score (nSPS) is 13.7. The molecule has 28 heavy (non-hydrogen) atoms. The Hall–Kier alpha value is -2.44. The van der Waals surface area contributed by atoms with Gasteiger partial charge in [0.15, 0.2) is 0 Å². The van der Waals surface area contributed by atoms with Gasteiger partial charge in [0.25, 0.3) is 10.1 Å². The lowest BCUT2D eigenvalue weighted by Crippen LogP contribution is -2.39. The Labute approximate surface area is 158 Å². The molecular formula is C16H13F3O7S2. The van der Waals surface area contributed by atoms with Crippen molar-refractivity contribution in [2.45, 2.75) is 22.1 Å². The number of sulfone groups is 1. The van der Waals surface area contributed by atoms with Crippen LogP contribution in [0.3, 0.4) is 0 Å². The molecule has 0 amide bonds. The van der Waals surface area contributed by atoms with Crippen LogP contribution in [-0.2, 0) is 24.7 Å². The summed E-state index contributed by atoms with van der Waals surface area (Å²) >= 11 is 0. The highest BCUT2D eigenvalue weighted by Gasteiger charge is 2.45. The molecule has 0 aliphatic rings. The van der Waals surface area contributed by atoms with Crippen molar-refractivity contribution in [1.82, 2.24) is 0 Å². The number of hydrogen-bond donors (Lipinski definition) is 1. The predicted octanol–water partition coefficient (Wildman–Crippen LogP) is 2.49. The molecule has 12 heteroatoms. The molecule has 0 spiro atoms. The maximum Gasteiger partial charge on any atom is 0.426 e.